The first kappa shape index (κ1) is 9.70. The number of hydrogen-bond acceptors (Lipinski definition) is 1. The maximum absolute atomic E-state index is 9.13. The van der Waals surface area contributed by atoms with Crippen molar-refractivity contribution in [2.24, 2.45) is 0 Å². The summed E-state index contributed by atoms with van der Waals surface area (Å²) in [5.74, 6) is 0. The van der Waals surface area contributed by atoms with Crippen LogP contribution in [0.5, 0.6) is 0 Å². The highest BCUT2D eigenvalue weighted by atomic mass is 16.3. The topological polar surface area (TPSA) is 20.2 Å². The molecule has 0 aliphatic rings. The number of hydrogen-bond donors (Lipinski definition) is 1. The molecule has 0 aliphatic heterocycles. The lowest BCUT2D eigenvalue weighted by atomic mass is 10.1. The van der Waals surface area contributed by atoms with Crippen molar-refractivity contribution >= 4 is 0 Å². The summed E-state index contributed by atoms with van der Waals surface area (Å²) >= 11 is 0. The molecule has 0 rings (SSSR count). The van der Waals surface area contributed by atoms with Crippen molar-refractivity contribution in [1.29, 1.82) is 0 Å². The van der Waals surface area contributed by atoms with E-state index in [-0.39, 0.29) is 6.10 Å². The first-order valence-corrected chi connectivity index (χ1v) is 4.10. The van der Waals surface area contributed by atoms with Gasteiger partial charge in [0.25, 0.3) is 0 Å². The van der Waals surface area contributed by atoms with E-state index in [9.17, 15) is 0 Å². The summed E-state index contributed by atoms with van der Waals surface area (Å²) in [6, 6.07) is 0. The van der Waals surface area contributed by atoms with Gasteiger partial charge in [-0.05, 0) is 32.6 Å². The lowest BCUT2D eigenvalue weighted by Gasteiger charge is -2.04. The maximum Gasteiger partial charge on any atom is 0.0537 e. The Bertz CT molecular complexity index is 86.7. The second-order valence-corrected chi connectivity index (χ2v) is 2.56. The summed E-state index contributed by atoms with van der Waals surface area (Å²) in [7, 11) is 0. The third-order valence-electron chi connectivity index (χ3n) is 1.62. The molecule has 0 aromatic rings. The van der Waals surface area contributed by atoms with Crippen molar-refractivity contribution in [2.45, 2.75) is 45.6 Å². The van der Waals surface area contributed by atoms with Crippen LogP contribution >= 0.6 is 0 Å². The Morgan fingerprint density at radius 1 is 1.50 bits per heavy atom. The number of allylic oxidation sites excluding steroid dienone is 2. The van der Waals surface area contributed by atoms with Crippen LogP contribution in [-0.2, 0) is 0 Å². The van der Waals surface area contributed by atoms with Gasteiger partial charge in [-0.1, -0.05) is 19.1 Å². The first-order chi connectivity index (χ1) is 4.81. The highest BCUT2D eigenvalue weighted by Crippen LogP contribution is 2.03. The Kier molecular flexibility index (Phi) is 6.61. The molecule has 0 aromatic carbocycles. The monoisotopic (exact) mass is 142 g/mol. The molecule has 0 aliphatic carbocycles. The molecule has 1 atom stereocenters. The smallest absolute Gasteiger partial charge is 0.0537 e. The average Bonchev–Trinajstić information content (AvgIpc) is 1.98. The van der Waals surface area contributed by atoms with Gasteiger partial charge in [-0.3, -0.25) is 0 Å². The van der Waals surface area contributed by atoms with Gasteiger partial charge in [0, 0.05) is 0 Å². The second-order valence-electron chi connectivity index (χ2n) is 2.56. The van der Waals surface area contributed by atoms with E-state index in [1.54, 1.807) is 0 Å². The summed E-state index contributed by atoms with van der Waals surface area (Å²) in [5, 5.41) is 9.13. The lowest BCUT2D eigenvalue weighted by molar-refractivity contribution is 0.158. The summed E-state index contributed by atoms with van der Waals surface area (Å²) in [5.41, 5.74) is 0. The molecule has 0 aromatic heterocycles. The van der Waals surface area contributed by atoms with E-state index < -0.39 is 0 Å². The fourth-order valence-electron chi connectivity index (χ4n) is 0.842. The molecule has 1 heteroatoms. The zero-order valence-electron chi connectivity index (χ0n) is 7.01. The van der Waals surface area contributed by atoms with Crippen LogP contribution in [0.3, 0.4) is 0 Å². The minimum absolute atomic E-state index is 0.0785. The SMILES string of the molecule is C/C=C\CCCC(O)CC. The van der Waals surface area contributed by atoms with Crippen LogP contribution in [-0.4, -0.2) is 11.2 Å². The zero-order chi connectivity index (χ0) is 7.82. The van der Waals surface area contributed by atoms with E-state index in [1.807, 2.05) is 13.8 Å². The van der Waals surface area contributed by atoms with Gasteiger partial charge in [0.15, 0.2) is 0 Å². The van der Waals surface area contributed by atoms with Gasteiger partial charge in [0.2, 0.25) is 0 Å². The van der Waals surface area contributed by atoms with Gasteiger partial charge >= 0.3 is 0 Å². The van der Waals surface area contributed by atoms with Crippen molar-refractivity contribution in [3.63, 3.8) is 0 Å². The Hall–Kier alpha value is -0.300. The molecule has 1 unspecified atom stereocenters. The molecule has 60 valence electrons. The minimum Gasteiger partial charge on any atom is -0.393 e. The minimum atomic E-state index is -0.0785. The molecular weight excluding hydrogens is 124 g/mol. The molecule has 1 N–H and O–H groups in total. The van der Waals surface area contributed by atoms with Crippen molar-refractivity contribution in [2.75, 3.05) is 0 Å². The van der Waals surface area contributed by atoms with E-state index in [4.69, 9.17) is 5.11 Å². The van der Waals surface area contributed by atoms with Crippen molar-refractivity contribution in [3.05, 3.63) is 12.2 Å². The number of aliphatic hydroxyl groups excluding tert-OH is 1. The normalized spacial score (nSPS) is 14.3. The molecule has 0 bridgehead atoms. The predicted molar refractivity (Wildman–Crippen MR) is 45.0 cm³/mol. The number of aliphatic hydroxyl groups is 1. The van der Waals surface area contributed by atoms with Crippen LogP contribution in [0.2, 0.25) is 0 Å². The molecule has 0 saturated carbocycles. The van der Waals surface area contributed by atoms with E-state index in [0.29, 0.717) is 0 Å². The number of unbranched alkanes of at least 4 members (excludes halogenated alkanes) is 1. The highest BCUT2D eigenvalue weighted by molar-refractivity contribution is 4.76. The van der Waals surface area contributed by atoms with Crippen LogP contribution in [0.15, 0.2) is 12.2 Å². The molecule has 0 saturated heterocycles. The second kappa shape index (κ2) is 6.81. The van der Waals surface area contributed by atoms with Gasteiger partial charge in [-0.2, -0.15) is 0 Å². The standard InChI is InChI=1S/C9H18O/c1-3-5-6-7-8-9(10)4-2/h3,5,9-10H,4,6-8H2,1-2H3/b5-3-. The van der Waals surface area contributed by atoms with Crippen LogP contribution in [0.25, 0.3) is 0 Å². The Morgan fingerprint density at radius 2 is 2.20 bits per heavy atom. The maximum atomic E-state index is 9.13. The largest absolute Gasteiger partial charge is 0.393 e. The van der Waals surface area contributed by atoms with Gasteiger partial charge in [-0.25, -0.2) is 0 Å². The quantitative estimate of drug-likeness (QED) is 0.462. The van der Waals surface area contributed by atoms with Crippen molar-refractivity contribution < 1.29 is 5.11 Å². The Balaban J connectivity index is 3.03. The fourth-order valence-corrected chi connectivity index (χ4v) is 0.842. The van der Waals surface area contributed by atoms with E-state index in [0.717, 1.165) is 25.7 Å². The van der Waals surface area contributed by atoms with Crippen molar-refractivity contribution in [1.82, 2.24) is 0 Å². The highest BCUT2D eigenvalue weighted by Gasteiger charge is 1.97. The van der Waals surface area contributed by atoms with Crippen molar-refractivity contribution in [3.8, 4) is 0 Å². The van der Waals surface area contributed by atoms with Gasteiger partial charge in [-0.15, -0.1) is 0 Å². The lowest BCUT2D eigenvalue weighted by Crippen LogP contribution is -2.02. The molecule has 0 heterocycles. The van der Waals surface area contributed by atoms with E-state index in [1.165, 1.54) is 0 Å². The van der Waals surface area contributed by atoms with Crippen LogP contribution in [0.1, 0.15) is 39.5 Å². The fraction of sp³-hybridized carbons (Fsp3) is 0.778. The third kappa shape index (κ3) is 5.83. The van der Waals surface area contributed by atoms with Crippen LogP contribution in [0, 0.1) is 0 Å². The molecule has 1 nitrogen and oxygen atoms in total. The summed E-state index contributed by atoms with van der Waals surface area (Å²) in [4.78, 5) is 0. The Morgan fingerprint density at radius 3 is 2.70 bits per heavy atom. The molecule has 0 spiro atoms. The first-order valence-electron chi connectivity index (χ1n) is 4.10. The molecule has 0 radical (unpaired) electrons. The van der Waals surface area contributed by atoms with Gasteiger partial charge < -0.3 is 5.11 Å². The zero-order valence-corrected chi connectivity index (χ0v) is 7.01. The van der Waals surface area contributed by atoms with E-state index >= 15 is 0 Å². The molecule has 0 amide bonds. The Labute approximate surface area is 63.8 Å². The average molecular weight is 142 g/mol. The van der Waals surface area contributed by atoms with Crippen LogP contribution < -0.4 is 0 Å². The molecule has 0 fully saturated rings. The summed E-state index contributed by atoms with van der Waals surface area (Å²) < 4.78 is 0. The summed E-state index contributed by atoms with van der Waals surface area (Å²) in [6.07, 6.45) is 8.16. The molecule has 10 heavy (non-hydrogen) atoms. The summed E-state index contributed by atoms with van der Waals surface area (Å²) in [6.45, 7) is 4.04. The van der Waals surface area contributed by atoms with Gasteiger partial charge in [0.1, 0.15) is 0 Å². The third-order valence-corrected chi connectivity index (χ3v) is 1.62. The van der Waals surface area contributed by atoms with Gasteiger partial charge in [0.05, 0.1) is 6.10 Å². The van der Waals surface area contributed by atoms with E-state index in [2.05, 4.69) is 12.2 Å². The van der Waals surface area contributed by atoms with Crippen LogP contribution in [0.4, 0.5) is 0 Å². The molecular formula is C9H18O. The number of rotatable bonds is 5. The predicted octanol–water partition coefficient (Wildman–Crippen LogP) is 2.50.